The van der Waals surface area contributed by atoms with Gasteiger partial charge >= 0.3 is 5.97 Å². The van der Waals surface area contributed by atoms with Gasteiger partial charge in [0.1, 0.15) is 61.0 Å². The molecule has 3 aliphatic heterocycles. The Bertz CT molecular complexity index is 1780. The van der Waals surface area contributed by atoms with Crippen LogP contribution in [-0.2, 0) is 38.0 Å². The highest BCUT2D eigenvalue weighted by Crippen LogP contribution is 2.76. The van der Waals surface area contributed by atoms with Gasteiger partial charge in [-0.05, 0) is 123 Å². The number of aliphatic hydroxyl groups excluding tert-OH is 8. The Kier molecular flexibility index (Phi) is 13.5. The first-order valence-electron chi connectivity index (χ1n) is 24.4. The summed E-state index contributed by atoms with van der Waals surface area (Å²) in [6.45, 7) is 18.9. The molecule has 23 atom stereocenters. The lowest BCUT2D eigenvalue weighted by Gasteiger charge is -2.71. The van der Waals surface area contributed by atoms with Gasteiger partial charge in [-0.1, -0.05) is 60.1 Å². The lowest BCUT2D eigenvalue weighted by atomic mass is 9.33. The number of allylic oxidation sites excluding steroid dienone is 2. The predicted molar refractivity (Wildman–Crippen MR) is 232 cm³/mol. The van der Waals surface area contributed by atoms with E-state index >= 15 is 0 Å². The van der Waals surface area contributed by atoms with Crippen molar-refractivity contribution in [2.45, 2.75) is 225 Å². The SMILES string of the molecule is COC(=O)[C@]12CCC(C)(C)C[C@H]1C1=CC[C@@H]3[C@@]4(C)CC[C@H](O[C@@H]5O[C@H](CO)[C@H](O[C@H]6O[C@H](C)[C@@H](O)[C@H](O)[C@@H]6O)[C@H](O)[C@H]5O[C@H]5O[C@H](C)[C@@H](O)[C@H](O)[C@@H]5O)C(C)(C)[C@@H]4CC[C@@]3(C)[C@]1(C)CC2. The number of carbonyl (C=O) groups is 1. The zero-order valence-electron chi connectivity index (χ0n) is 40.2. The number of ether oxygens (including phenoxy) is 7. The molecule has 0 spiro atoms. The fourth-order valence-electron chi connectivity index (χ4n) is 15.2. The molecule has 8 N–H and O–H groups in total. The molecule has 0 aromatic rings. The molecule has 8 aliphatic rings. The quantitative estimate of drug-likeness (QED) is 0.0992. The zero-order valence-corrected chi connectivity index (χ0v) is 40.2. The molecule has 16 heteroatoms. The maximum absolute atomic E-state index is 13.7. The molecule has 7 fully saturated rings. The minimum absolute atomic E-state index is 0.0213. The fourth-order valence-corrected chi connectivity index (χ4v) is 15.2. The van der Waals surface area contributed by atoms with Crippen LogP contribution in [-0.4, -0.2) is 159 Å². The van der Waals surface area contributed by atoms with E-state index in [1.54, 1.807) is 0 Å². The molecule has 372 valence electrons. The standard InChI is InChI=1S/C49H80O16/c1-23-31(51)33(53)35(55)40(60-23)64-38-27(22-50)62-42(39(37(38)57)65-41-36(56)34(54)32(52)24(2)61-41)63-30-14-15-46(7)28(45(30,5)6)13-16-48(9)29(46)12-11-25-26-21-44(3,4)17-19-49(26,43(58)59-10)20-18-47(25,48)8/h11,23-24,26-42,50-57H,12-22H2,1-10H3/t23-,24-,26+,27-,28+,29-,30+,31-,32-,33+,34+,35+,36+,37+,38+,39-,40-,41-,42+,46+,47-,48-,49+/m1/s1. The molecule has 8 rings (SSSR count). The highest BCUT2D eigenvalue weighted by atomic mass is 16.8. The molecule has 3 saturated heterocycles. The summed E-state index contributed by atoms with van der Waals surface area (Å²) in [4.78, 5) is 13.7. The number of carbonyl (C=O) groups excluding carboxylic acids is 1. The summed E-state index contributed by atoms with van der Waals surface area (Å²) >= 11 is 0. The van der Waals surface area contributed by atoms with Crippen LogP contribution in [0, 0.1) is 50.2 Å². The van der Waals surface area contributed by atoms with E-state index in [0.29, 0.717) is 12.3 Å². The third-order valence-corrected chi connectivity index (χ3v) is 19.5. The number of fused-ring (bicyclic) bond motifs is 7. The van der Waals surface area contributed by atoms with Crippen molar-refractivity contribution in [1.29, 1.82) is 0 Å². The third kappa shape index (κ3) is 7.82. The summed E-state index contributed by atoms with van der Waals surface area (Å²) in [5.41, 5.74) is 0.481. The summed E-state index contributed by atoms with van der Waals surface area (Å²) in [5.74, 6) is 0.665. The van der Waals surface area contributed by atoms with E-state index < -0.39 is 116 Å². The molecular weight excluding hydrogens is 845 g/mol. The van der Waals surface area contributed by atoms with Crippen molar-refractivity contribution < 1.29 is 78.8 Å². The minimum Gasteiger partial charge on any atom is -0.469 e. The van der Waals surface area contributed by atoms with Gasteiger partial charge in [0.15, 0.2) is 18.9 Å². The van der Waals surface area contributed by atoms with Gasteiger partial charge in [-0.2, -0.15) is 0 Å². The van der Waals surface area contributed by atoms with Crippen LogP contribution in [0.1, 0.15) is 127 Å². The van der Waals surface area contributed by atoms with Gasteiger partial charge in [0, 0.05) is 0 Å². The lowest BCUT2D eigenvalue weighted by molar-refractivity contribution is -0.393. The molecule has 0 radical (unpaired) electrons. The van der Waals surface area contributed by atoms with E-state index in [1.165, 1.54) is 26.5 Å². The molecule has 0 bridgehead atoms. The van der Waals surface area contributed by atoms with E-state index in [1.807, 2.05) is 0 Å². The van der Waals surface area contributed by atoms with Crippen molar-refractivity contribution in [1.82, 2.24) is 0 Å². The Balaban J connectivity index is 1.07. The van der Waals surface area contributed by atoms with Gasteiger partial charge in [0.2, 0.25) is 0 Å². The van der Waals surface area contributed by atoms with E-state index in [4.69, 9.17) is 33.2 Å². The van der Waals surface area contributed by atoms with Crippen molar-refractivity contribution in [3.05, 3.63) is 11.6 Å². The normalized spacial score (nSPS) is 53.9. The van der Waals surface area contributed by atoms with Gasteiger partial charge < -0.3 is 74.0 Å². The van der Waals surface area contributed by atoms with E-state index in [9.17, 15) is 45.6 Å². The summed E-state index contributed by atoms with van der Waals surface area (Å²) in [6, 6.07) is 0. The van der Waals surface area contributed by atoms with Crippen LogP contribution >= 0.6 is 0 Å². The number of hydrogen-bond donors (Lipinski definition) is 8. The van der Waals surface area contributed by atoms with Crippen LogP contribution in [0.25, 0.3) is 0 Å². The lowest BCUT2D eigenvalue weighted by Crippen LogP contribution is -2.68. The summed E-state index contributed by atoms with van der Waals surface area (Å²) in [5, 5.41) is 86.7. The van der Waals surface area contributed by atoms with Crippen LogP contribution < -0.4 is 0 Å². The second kappa shape index (κ2) is 17.5. The van der Waals surface area contributed by atoms with Gasteiger partial charge in [0.25, 0.3) is 0 Å². The monoisotopic (exact) mass is 925 g/mol. The van der Waals surface area contributed by atoms with Gasteiger partial charge in [-0.15, -0.1) is 0 Å². The molecule has 0 amide bonds. The Morgan fingerprint density at radius 2 is 1.25 bits per heavy atom. The number of rotatable bonds is 8. The number of methoxy groups -OCH3 is 1. The second-order valence-corrected chi connectivity index (χ2v) is 23.6. The number of hydrogen-bond acceptors (Lipinski definition) is 16. The average Bonchev–Trinajstić information content (AvgIpc) is 3.25. The Labute approximate surface area is 384 Å². The van der Waals surface area contributed by atoms with Crippen LogP contribution in [0.5, 0.6) is 0 Å². The van der Waals surface area contributed by atoms with Crippen LogP contribution in [0.3, 0.4) is 0 Å². The first-order valence-corrected chi connectivity index (χ1v) is 24.4. The largest absolute Gasteiger partial charge is 0.469 e. The van der Waals surface area contributed by atoms with E-state index in [2.05, 4.69) is 54.5 Å². The van der Waals surface area contributed by atoms with Crippen molar-refractivity contribution in [2.24, 2.45) is 50.2 Å². The number of aliphatic hydroxyl groups is 8. The Hall–Kier alpha value is -1.35. The van der Waals surface area contributed by atoms with E-state index in [0.717, 1.165) is 57.8 Å². The molecule has 16 nitrogen and oxygen atoms in total. The Morgan fingerprint density at radius 1 is 0.662 bits per heavy atom. The molecule has 0 aromatic heterocycles. The maximum atomic E-state index is 13.7. The van der Waals surface area contributed by atoms with Crippen molar-refractivity contribution in [2.75, 3.05) is 13.7 Å². The van der Waals surface area contributed by atoms with Crippen LogP contribution in [0.2, 0.25) is 0 Å². The smallest absolute Gasteiger partial charge is 0.312 e. The second-order valence-electron chi connectivity index (χ2n) is 23.6. The highest BCUT2D eigenvalue weighted by molar-refractivity contribution is 5.78. The molecule has 5 aliphatic carbocycles. The molecule has 0 aromatic carbocycles. The van der Waals surface area contributed by atoms with Crippen molar-refractivity contribution in [3.8, 4) is 0 Å². The highest BCUT2D eigenvalue weighted by Gasteiger charge is 2.70. The zero-order chi connectivity index (χ0) is 47.6. The Morgan fingerprint density at radius 3 is 1.83 bits per heavy atom. The van der Waals surface area contributed by atoms with Crippen LogP contribution in [0.15, 0.2) is 11.6 Å². The average molecular weight is 925 g/mol. The summed E-state index contributed by atoms with van der Waals surface area (Å²) in [7, 11) is 1.54. The molecule has 3 heterocycles. The first-order chi connectivity index (χ1) is 30.3. The predicted octanol–water partition coefficient (Wildman–Crippen LogP) is 2.85. The molecular formula is C49H80O16. The molecule has 4 saturated carbocycles. The number of esters is 1. The maximum Gasteiger partial charge on any atom is 0.312 e. The first kappa shape index (κ1) is 50.1. The van der Waals surface area contributed by atoms with E-state index in [-0.39, 0.29) is 39.5 Å². The fraction of sp³-hybridized carbons (Fsp3) is 0.939. The third-order valence-electron chi connectivity index (χ3n) is 19.5. The molecule has 65 heavy (non-hydrogen) atoms. The van der Waals surface area contributed by atoms with Gasteiger partial charge in [-0.3, -0.25) is 4.79 Å². The summed E-state index contributed by atoms with van der Waals surface area (Å²) < 4.78 is 42.8. The molecule has 0 unspecified atom stereocenters. The van der Waals surface area contributed by atoms with Crippen LogP contribution in [0.4, 0.5) is 0 Å². The topological polar surface area (TPSA) is 244 Å². The van der Waals surface area contributed by atoms with Gasteiger partial charge in [-0.25, -0.2) is 0 Å². The minimum atomic E-state index is -1.73. The summed E-state index contributed by atoms with van der Waals surface area (Å²) in [6.07, 6.45) is -10.7. The van der Waals surface area contributed by atoms with Gasteiger partial charge in [0.05, 0.1) is 37.4 Å². The van der Waals surface area contributed by atoms with Crippen molar-refractivity contribution in [3.63, 3.8) is 0 Å². The van der Waals surface area contributed by atoms with Crippen molar-refractivity contribution >= 4 is 5.97 Å².